The van der Waals surface area contributed by atoms with Crippen LogP contribution in [-0.4, -0.2) is 30.9 Å². The highest BCUT2D eigenvalue weighted by molar-refractivity contribution is 9.10. The third-order valence-electron chi connectivity index (χ3n) is 1.92. The van der Waals surface area contributed by atoms with Gasteiger partial charge in [0.05, 0.1) is 6.54 Å². The van der Waals surface area contributed by atoms with Crippen molar-refractivity contribution < 1.29 is 19.2 Å². The number of hydroxylamine groups is 1. The van der Waals surface area contributed by atoms with Crippen LogP contribution in [0.1, 0.15) is 10.4 Å². The van der Waals surface area contributed by atoms with E-state index in [-0.39, 0.29) is 6.54 Å². The summed E-state index contributed by atoms with van der Waals surface area (Å²) in [5.74, 6) is -1.69. The van der Waals surface area contributed by atoms with E-state index in [9.17, 15) is 14.4 Å². The number of carbonyl (C=O) groups excluding carboxylic acids is 3. The molecular formula is C11H12BrN3O4. The van der Waals surface area contributed by atoms with Gasteiger partial charge in [-0.3, -0.25) is 19.2 Å². The number of hydrogen-bond acceptors (Lipinski definition) is 4. The standard InChI is InChI=1S/C11H12BrN3O4/c12-8-3-1-7(2-4-8)11(18)14-5-10(17)15-19-6-9(13)16/h1-4H,5-6H2,(H2,13,16)(H,14,18)(H,15,17). The quantitative estimate of drug-likeness (QED) is 0.623. The maximum absolute atomic E-state index is 11.6. The normalized spacial score (nSPS) is 9.74. The molecule has 19 heavy (non-hydrogen) atoms. The Labute approximate surface area is 117 Å². The molecule has 0 aliphatic rings. The first-order valence-electron chi connectivity index (χ1n) is 5.21. The molecule has 4 N–H and O–H groups in total. The van der Waals surface area contributed by atoms with Crippen molar-refractivity contribution in [2.45, 2.75) is 0 Å². The molecule has 0 spiro atoms. The molecule has 0 unspecified atom stereocenters. The van der Waals surface area contributed by atoms with E-state index in [0.717, 1.165) is 4.47 Å². The minimum atomic E-state index is -0.709. The second-order valence-corrected chi connectivity index (χ2v) is 4.39. The molecule has 0 aliphatic heterocycles. The molecule has 0 heterocycles. The van der Waals surface area contributed by atoms with Gasteiger partial charge in [-0.2, -0.15) is 0 Å². The van der Waals surface area contributed by atoms with Crippen LogP contribution >= 0.6 is 15.9 Å². The molecule has 0 fully saturated rings. The highest BCUT2D eigenvalue weighted by atomic mass is 79.9. The lowest BCUT2D eigenvalue weighted by Gasteiger charge is -2.06. The molecule has 8 heteroatoms. The number of hydrogen-bond donors (Lipinski definition) is 3. The van der Waals surface area contributed by atoms with Gasteiger partial charge in [0.15, 0.2) is 6.61 Å². The molecule has 0 saturated heterocycles. The molecule has 0 aliphatic carbocycles. The molecule has 0 aromatic heterocycles. The monoisotopic (exact) mass is 329 g/mol. The van der Waals surface area contributed by atoms with Crippen LogP contribution in [0.2, 0.25) is 0 Å². The van der Waals surface area contributed by atoms with Crippen LogP contribution in [0.15, 0.2) is 28.7 Å². The van der Waals surface area contributed by atoms with Crippen molar-refractivity contribution in [3.05, 3.63) is 34.3 Å². The molecule has 3 amide bonds. The molecule has 1 aromatic rings. The first-order chi connectivity index (χ1) is 8.99. The van der Waals surface area contributed by atoms with E-state index in [2.05, 4.69) is 26.1 Å². The summed E-state index contributed by atoms with van der Waals surface area (Å²) in [4.78, 5) is 37.6. The zero-order valence-electron chi connectivity index (χ0n) is 9.81. The van der Waals surface area contributed by atoms with E-state index in [1.165, 1.54) is 0 Å². The van der Waals surface area contributed by atoms with E-state index >= 15 is 0 Å². The summed E-state index contributed by atoms with van der Waals surface area (Å²) >= 11 is 3.25. The zero-order valence-corrected chi connectivity index (χ0v) is 11.4. The number of primary amides is 1. The van der Waals surface area contributed by atoms with Crippen molar-refractivity contribution in [1.29, 1.82) is 0 Å². The Kier molecular flexibility index (Phi) is 5.97. The first-order valence-corrected chi connectivity index (χ1v) is 6.01. The average Bonchev–Trinajstić information content (AvgIpc) is 2.36. The number of nitrogens with one attached hydrogen (secondary N) is 2. The number of carbonyl (C=O) groups is 3. The van der Waals surface area contributed by atoms with Gasteiger partial charge in [0.25, 0.3) is 11.8 Å². The van der Waals surface area contributed by atoms with Crippen LogP contribution < -0.4 is 16.5 Å². The number of rotatable bonds is 6. The fraction of sp³-hybridized carbons (Fsp3) is 0.182. The van der Waals surface area contributed by atoms with Crippen LogP contribution in [0.5, 0.6) is 0 Å². The largest absolute Gasteiger partial charge is 0.368 e. The third-order valence-corrected chi connectivity index (χ3v) is 2.45. The number of benzene rings is 1. The average molecular weight is 330 g/mol. The Morgan fingerprint density at radius 1 is 1.21 bits per heavy atom. The Morgan fingerprint density at radius 2 is 1.84 bits per heavy atom. The SMILES string of the molecule is NC(=O)CONC(=O)CNC(=O)c1ccc(Br)cc1. The van der Waals surface area contributed by atoms with Crippen LogP contribution in [0.4, 0.5) is 0 Å². The molecule has 1 aromatic carbocycles. The van der Waals surface area contributed by atoms with Crippen molar-refractivity contribution in [3.8, 4) is 0 Å². The highest BCUT2D eigenvalue weighted by Gasteiger charge is 2.08. The Bertz CT molecular complexity index is 475. The van der Waals surface area contributed by atoms with Gasteiger partial charge in [-0.15, -0.1) is 0 Å². The second kappa shape index (κ2) is 7.49. The minimum Gasteiger partial charge on any atom is -0.368 e. The third kappa shape index (κ3) is 5.98. The van der Waals surface area contributed by atoms with Crippen molar-refractivity contribution in [3.63, 3.8) is 0 Å². The van der Waals surface area contributed by atoms with Crippen molar-refractivity contribution in [2.75, 3.05) is 13.2 Å². The fourth-order valence-corrected chi connectivity index (χ4v) is 1.35. The number of nitrogens with two attached hydrogens (primary N) is 1. The van der Waals surface area contributed by atoms with Gasteiger partial charge in [-0.1, -0.05) is 15.9 Å². The minimum absolute atomic E-state index is 0.270. The highest BCUT2D eigenvalue weighted by Crippen LogP contribution is 2.10. The molecule has 0 bridgehead atoms. The van der Waals surface area contributed by atoms with Crippen molar-refractivity contribution >= 4 is 33.7 Å². The van der Waals surface area contributed by atoms with Gasteiger partial charge < -0.3 is 11.1 Å². The number of amides is 3. The summed E-state index contributed by atoms with van der Waals surface area (Å²) in [5, 5.41) is 2.39. The van der Waals surface area contributed by atoms with E-state index in [1.54, 1.807) is 24.3 Å². The van der Waals surface area contributed by atoms with Gasteiger partial charge in [-0.25, -0.2) is 5.48 Å². The Hall–Kier alpha value is -1.93. The van der Waals surface area contributed by atoms with Gasteiger partial charge >= 0.3 is 0 Å². The van der Waals surface area contributed by atoms with Crippen molar-refractivity contribution in [1.82, 2.24) is 10.8 Å². The van der Waals surface area contributed by atoms with Crippen LogP contribution in [0, 0.1) is 0 Å². The molecule has 0 saturated carbocycles. The predicted molar refractivity (Wildman–Crippen MR) is 69.8 cm³/mol. The molecule has 0 atom stereocenters. The van der Waals surface area contributed by atoms with E-state index in [4.69, 9.17) is 5.73 Å². The van der Waals surface area contributed by atoms with Crippen LogP contribution in [-0.2, 0) is 14.4 Å². The molecule has 7 nitrogen and oxygen atoms in total. The second-order valence-electron chi connectivity index (χ2n) is 3.47. The maximum Gasteiger partial charge on any atom is 0.262 e. The summed E-state index contributed by atoms with van der Waals surface area (Å²) in [6.07, 6.45) is 0. The van der Waals surface area contributed by atoms with E-state index < -0.39 is 24.3 Å². The molecular weight excluding hydrogens is 318 g/mol. The summed E-state index contributed by atoms with van der Waals surface area (Å²) in [7, 11) is 0. The van der Waals surface area contributed by atoms with Gasteiger partial charge in [-0.05, 0) is 24.3 Å². The van der Waals surface area contributed by atoms with Crippen molar-refractivity contribution in [2.24, 2.45) is 5.73 Å². The zero-order chi connectivity index (χ0) is 14.3. The number of halogens is 1. The van der Waals surface area contributed by atoms with Crippen LogP contribution in [0.25, 0.3) is 0 Å². The summed E-state index contributed by atoms with van der Waals surface area (Å²) in [6.45, 7) is -0.694. The fourth-order valence-electron chi connectivity index (χ4n) is 1.09. The lowest BCUT2D eigenvalue weighted by Crippen LogP contribution is -2.38. The van der Waals surface area contributed by atoms with Gasteiger partial charge in [0, 0.05) is 10.0 Å². The van der Waals surface area contributed by atoms with Crippen LogP contribution in [0.3, 0.4) is 0 Å². The molecule has 0 radical (unpaired) electrons. The summed E-state index contributed by atoms with van der Waals surface area (Å²) in [6, 6.07) is 6.65. The molecule has 1 rings (SSSR count). The van der Waals surface area contributed by atoms with Gasteiger partial charge in [0.2, 0.25) is 5.91 Å². The Balaban J connectivity index is 2.31. The Morgan fingerprint density at radius 3 is 2.42 bits per heavy atom. The lowest BCUT2D eigenvalue weighted by atomic mass is 10.2. The summed E-state index contributed by atoms with van der Waals surface area (Å²) in [5.41, 5.74) is 7.19. The van der Waals surface area contributed by atoms with E-state index in [0.29, 0.717) is 5.56 Å². The predicted octanol–water partition coefficient (Wildman–Crippen LogP) is -0.288. The first kappa shape index (κ1) is 15.1. The maximum atomic E-state index is 11.6. The lowest BCUT2D eigenvalue weighted by molar-refractivity contribution is -0.137. The smallest absolute Gasteiger partial charge is 0.262 e. The summed E-state index contributed by atoms with van der Waals surface area (Å²) < 4.78 is 0.849. The molecule has 102 valence electrons. The van der Waals surface area contributed by atoms with Gasteiger partial charge in [0.1, 0.15) is 0 Å². The topological polar surface area (TPSA) is 111 Å². The van der Waals surface area contributed by atoms with E-state index in [1.807, 2.05) is 5.48 Å².